The molecule has 1 aromatic rings. The van der Waals surface area contributed by atoms with E-state index in [4.69, 9.17) is 9.05 Å². The fourth-order valence-electron chi connectivity index (χ4n) is 2.81. The first kappa shape index (κ1) is 15.5. The van der Waals surface area contributed by atoms with E-state index in [9.17, 15) is 4.57 Å². The second kappa shape index (κ2) is 6.04. The molecule has 22 heavy (non-hydrogen) atoms. The van der Waals surface area contributed by atoms with Crippen molar-refractivity contribution in [3.8, 4) is 0 Å². The minimum atomic E-state index is -3.31. The molecule has 1 aliphatic carbocycles. The van der Waals surface area contributed by atoms with Gasteiger partial charge in [-0.1, -0.05) is 35.9 Å². The molecule has 4 nitrogen and oxygen atoms in total. The minimum absolute atomic E-state index is 0.0116. The first-order chi connectivity index (χ1) is 10.5. The SMILES string of the molecule is CC1=CC(OP2(=O)O[C@H](c3ccccc3)[C@H](C)N2C)=CCC1. The third kappa shape index (κ3) is 2.91. The molecule has 0 saturated carbocycles. The summed E-state index contributed by atoms with van der Waals surface area (Å²) >= 11 is 0. The van der Waals surface area contributed by atoms with Gasteiger partial charge in [-0.05, 0) is 51.5 Å². The molecule has 1 aliphatic heterocycles. The van der Waals surface area contributed by atoms with Crippen molar-refractivity contribution in [1.82, 2.24) is 4.67 Å². The Morgan fingerprint density at radius 1 is 1.32 bits per heavy atom. The van der Waals surface area contributed by atoms with Crippen LogP contribution in [0, 0.1) is 0 Å². The van der Waals surface area contributed by atoms with Crippen molar-refractivity contribution in [2.45, 2.75) is 38.8 Å². The van der Waals surface area contributed by atoms with E-state index in [1.54, 1.807) is 11.7 Å². The fraction of sp³-hybridized carbons (Fsp3) is 0.412. The van der Waals surface area contributed by atoms with Gasteiger partial charge in [0.15, 0.2) is 0 Å². The first-order valence-electron chi connectivity index (χ1n) is 7.63. The Labute approximate surface area is 132 Å². The van der Waals surface area contributed by atoms with Crippen LogP contribution in [0.3, 0.4) is 0 Å². The molecule has 3 rings (SSSR count). The van der Waals surface area contributed by atoms with Gasteiger partial charge in [-0.25, -0.2) is 4.57 Å². The lowest BCUT2D eigenvalue weighted by Gasteiger charge is -2.22. The van der Waals surface area contributed by atoms with Gasteiger partial charge in [0.1, 0.15) is 11.9 Å². The molecule has 1 heterocycles. The molecule has 3 atom stereocenters. The zero-order chi connectivity index (χ0) is 15.7. The number of hydrogen-bond donors (Lipinski definition) is 0. The summed E-state index contributed by atoms with van der Waals surface area (Å²) in [5, 5.41) is 0. The van der Waals surface area contributed by atoms with Crippen molar-refractivity contribution < 1.29 is 13.6 Å². The van der Waals surface area contributed by atoms with Crippen LogP contribution in [0.15, 0.2) is 53.8 Å². The Morgan fingerprint density at radius 3 is 2.73 bits per heavy atom. The maximum atomic E-state index is 13.1. The lowest BCUT2D eigenvalue weighted by atomic mass is 10.0. The molecule has 0 radical (unpaired) electrons. The summed E-state index contributed by atoms with van der Waals surface area (Å²) < 4.78 is 26.5. The molecule has 1 aromatic carbocycles. The lowest BCUT2D eigenvalue weighted by Crippen LogP contribution is -2.23. The predicted octanol–water partition coefficient (Wildman–Crippen LogP) is 4.83. The zero-order valence-electron chi connectivity index (χ0n) is 13.2. The number of allylic oxidation sites excluding steroid dienone is 3. The molecule has 5 heteroatoms. The summed E-state index contributed by atoms with van der Waals surface area (Å²) in [5.41, 5.74) is 2.26. The van der Waals surface area contributed by atoms with Crippen LogP contribution in [0.2, 0.25) is 0 Å². The van der Waals surface area contributed by atoms with E-state index < -0.39 is 7.75 Å². The highest BCUT2D eigenvalue weighted by atomic mass is 31.2. The van der Waals surface area contributed by atoms with Crippen LogP contribution >= 0.6 is 7.75 Å². The van der Waals surface area contributed by atoms with Gasteiger partial charge >= 0.3 is 7.75 Å². The average Bonchev–Trinajstić information content (AvgIpc) is 2.73. The third-order valence-electron chi connectivity index (χ3n) is 4.28. The van der Waals surface area contributed by atoms with Gasteiger partial charge in [-0.15, -0.1) is 0 Å². The van der Waals surface area contributed by atoms with E-state index in [-0.39, 0.29) is 12.1 Å². The van der Waals surface area contributed by atoms with Crippen LogP contribution in [0.4, 0.5) is 0 Å². The van der Waals surface area contributed by atoms with Gasteiger partial charge in [-0.2, -0.15) is 4.67 Å². The highest BCUT2D eigenvalue weighted by Gasteiger charge is 2.49. The summed E-state index contributed by atoms with van der Waals surface area (Å²) in [6.07, 6.45) is 5.62. The van der Waals surface area contributed by atoms with Crippen molar-refractivity contribution in [2.75, 3.05) is 7.05 Å². The molecule has 0 spiro atoms. The molecule has 1 saturated heterocycles. The summed E-state index contributed by atoms with van der Waals surface area (Å²) in [6, 6.07) is 9.87. The molecule has 1 unspecified atom stereocenters. The highest BCUT2D eigenvalue weighted by Crippen LogP contribution is 2.64. The Morgan fingerprint density at radius 2 is 2.05 bits per heavy atom. The molecule has 0 bridgehead atoms. The van der Waals surface area contributed by atoms with Crippen molar-refractivity contribution in [3.63, 3.8) is 0 Å². The molecule has 0 N–H and O–H groups in total. The van der Waals surface area contributed by atoms with Crippen molar-refractivity contribution in [2.24, 2.45) is 0 Å². The Kier molecular flexibility index (Phi) is 4.26. The van der Waals surface area contributed by atoms with Crippen LogP contribution in [-0.4, -0.2) is 17.8 Å². The van der Waals surface area contributed by atoms with E-state index >= 15 is 0 Å². The van der Waals surface area contributed by atoms with E-state index in [0.717, 1.165) is 18.4 Å². The molecule has 0 amide bonds. The van der Waals surface area contributed by atoms with E-state index in [0.29, 0.717) is 5.76 Å². The molecular formula is C17H22NO3P. The number of hydrogen-bond acceptors (Lipinski definition) is 3. The number of nitrogens with zero attached hydrogens (tertiary/aromatic N) is 1. The van der Waals surface area contributed by atoms with Gasteiger partial charge in [0, 0.05) is 6.04 Å². The maximum Gasteiger partial charge on any atom is 0.462 e. The van der Waals surface area contributed by atoms with E-state index in [1.807, 2.05) is 49.4 Å². The van der Waals surface area contributed by atoms with Gasteiger partial charge in [-0.3, -0.25) is 4.52 Å². The molecular weight excluding hydrogens is 297 g/mol. The molecule has 0 aromatic heterocycles. The second-order valence-corrected chi connectivity index (χ2v) is 7.91. The van der Waals surface area contributed by atoms with Gasteiger partial charge in [0.25, 0.3) is 0 Å². The summed E-state index contributed by atoms with van der Waals surface area (Å²) in [6.45, 7) is 4.07. The van der Waals surface area contributed by atoms with Gasteiger partial charge in [0.05, 0.1) is 0 Å². The smallest absolute Gasteiger partial charge is 0.413 e. The number of benzene rings is 1. The van der Waals surface area contributed by atoms with E-state index in [2.05, 4.69) is 6.92 Å². The van der Waals surface area contributed by atoms with Crippen molar-refractivity contribution in [1.29, 1.82) is 0 Å². The Hall–Kier alpha value is -1.35. The standard InChI is InChI=1S/C17H22NO3P/c1-13-8-7-11-16(12-13)20-22(19)18(3)14(2)17(21-22)15-9-5-4-6-10-15/h4-6,9-12,14,17H,7-8H2,1-3H3/t14-,17-,22?/m0/s1. The van der Waals surface area contributed by atoms with E-state index in [1.165, 1.54) is 5.57 Å². The summed E-state index contributed by atoms with van der Waals surface area (Å²) in [4.78, 5) is 0. The monoisotopic (exact) mass is 319 g/mol. The van der Waals surface area contributed by atoms with Crippen LogP contribution in [0.1, 0.15) is 38.4 Å². The predicted molar refractivity (Wildman–Crippen MR) is 87.3 cm³/mol. The third-order valence-corrected chi connectivity index (χ3v) is 6.35. The van der Waals surface area contributed by atoms with Crippen molar-refractivity contribution >= 4 is 7.75 Å². The van der Waals surface area contributed by atoms with Gasteiger partial charge < -0.3 is 4.52 Å². The Balaban J connectivity index is 1.82. The van der Waals surface area contributed by atoms with Crippen molar-refractivity contribution in [3.05, 3.63) is 59.4 Å². The lowest BCUT2D eigenvalue weighted by molar-refractivity contribution is 0.188. The highest BCUT2D eigenvalue weighted by molar-refractivity contribution is 7.51. The molecule has 1 fully saturated rings. The number of rotatable bonds is 3. The van der Waals surface area contributed by atoms with Crippen LogP contribution in [-0.2, 0) is 13.6 Å². The van der Waals surface area contributed by atoms with Gasteiger partial charge in [0.2, 0.25) is 0 Å². The molecule has 2 aliphatic rings. The number of likely N-dealkylation sites (N-methyl/N-ethyl adjacent to an activating group) is 1. The largest absolute Gasteiger partial charge is 0.462 e. The average molecular weight is 319 g/mol. The summed E-state index contributed by atoms with van der Waals surface area (Å²) in [7, 11) is -1.51. The van der Waals surface area contributed by atoms with Crippen LogP contribution in [0.25, 0.3) is 0 Å². The zero-order valence-corrected chi connectivity index (χ0v) is 14.1. The minimum Gasteiger partial charge on any atom is -0.413 e. The molecule has 118 valence electrons. The first-order valence-corrected chi connectivity index (χ1v) is 9.13. The topological polar surface area (TPSA) is 38.8 Å². The Bertz CT molecular complexity index is 653. The maximum absolute atomic E-state index is 13.1. The quantitative estimate of drug-likeness (QED) is 0.748. The van der Waals surface area contributed by atoms with Crippen LogP contribution < -0.4 is 0 Å². The fourth-order valence-corrected chi connectivity index (χ4v) is 4.67. The normalized spacial score (nSPS) is 32.5. The van der Waals surface area contributed by atoms with Crippen LogP contribution in [0.5, 0.6) is 0 Å². The summed E-state index contributed by atoms with van der Waals surface area (Å²) in [5.74, 6) is 0.653. The second-order valence-electron chi connectivity index (χ2n) is 5.95.